The van der Waals surface area contributed by atoms with Crippen LogP contribution in [0.25, 0.3) is 0 Å². The number of carbonyl (C=O) groups excluding carboxylic acids is 1. The summed E-state index contributed by atoms with van der Waals surface area (Å²) in [6.45, 7) is 5.63. The maximum atomic E-state index is 12.7. The van der Waals surface area contributed by atoms with Crippen molar-refractivity contribution in [1.29, 1.82) is 0 Å². The summed E-state index contributed by atoms with van der Waals surface area (Å²) in [6.07, 6.45) is 4.61. The number of sulfonamides is 1. The zero-order valence-corrected chi connectivity index (χ0v) is 15.6. The summed E-state index contributed by atoms with van der Waals surface area (Å²) >= 11 is 0. The number of rotatable bonds is 5. The molecule has 0 bridgehead atoms. The van der Waals surface area contributed by atoms with Gasteiger partial charge in [0.2, 0.25) is 15.9 Å². The second kappa shape index (κ2) is 7.27. The molecule has 8 heteroatoms. The van der Waals surface area contributed by atoms with Gasteiger partial charge in [-0.2, -0.15) is 0 Å². The van der Waals surface area contributed by atoms with Gasteiger partial charge in [0.15, 0.2) is 0 Å². The van der Waals surface area contributed by atoms with Crippen LogP contribution in [0.15, 0.2) is 0 Å². The van der Waals surface area contributed by atoms with Gasteiger partial charge in [-0.1, -0.05) is 0 Å². The number of nitrogens with one attached hydrogen (secondary N) is 1. The van der Waals surface area contributed by atoms with Crippen LogP contribution in [0.5, 0.6) is 0 Å². The molecule has 0 aromatic rings. The summed E-state index contributed by atoms with van der Waals surface area (Å²) in [5.74, 6) is 0.996. The Labute approximate surface area is 145 Å². The Morgan fingerprint density at radius 2 is 1.88 bits per heavy atom. The minimum absolute atomic E-state index is 0.119. The van der Waals surface area contributed by atoms with E-state index in [0.29, 0.717) is 25.6 Å². The maximum absolute atomic E-state index is 12.7. The van der Waals surface area contributed by atoms with Crippen molar-refractivity contribution in [1.82, 2.24) is 19.4 Å². The highest BCUT2D eigenvalue weighted by Gasteiger charge is 2.44. The Kier molecular flexibility index (Phi) is 5.48. The fraction of sp³-hybridized carbons (Fsp3) is 0.938. The van der Waals surface area contributed by atoms with E-state index in [9.17, 15) is 13.2 Å². The number of nitrogens with zero attached hydrogens (tertiary/aromatic N) is 3. The van der Waals surface area contributed by atoms with Crippen molar-refractivity contribution in [3.05, 3.63) is 0 Å². The molecule has 7 nitrogen and oxygen atoms in total. The molecule has 2 saturated heterocycles. The van der Waals surface area contributed by atoms with E-state index in [1.165, 1.54) is 6.26 Å². The molecule has 138 valence electrons. The van der Waals surface area contributed by atoms with Crippen molar-refractivity contribution in [2.45, 2.75) is 25.3 Å². The smallest absolute Gasteiger partial charge is 0.236 e. The average molecular weight is 359 g/mol. The maximum Gasteiger partial charge on any atom is 0.236 e. The molecule has 0 aromatic carbocycles. The number of likely N-dealkylation sites (tertiary alicyclic amines) is 1. The molecule has 0 unspecified atom stereocenters. The Hall–Kier alpha value is -0.700. The van der Waals surface area contributed by atoms with Gasteiger partial charge in [-0.25, -0.2) is 13.1 Å². The second-order valence-corrected chi connectivity index (χ2v) is 9.51. The third-order valence-corrected chi connectivity index (χ3v) is 6.21. The molecular weight excluding hydrogens is 328 g/mol. The van der Waals surface area contributed by atoms with Crippen molar-refractivity contribution in [2.75, 3.05) is 59.1 Å². The highest BCUT2D eigenvalue weighted by atomic mass is 32.2. The molecule has 1 amide bonds. The fourth-order valence-electron chi connectivity index (χ4n) is 3.98. The van der Waals surface area contributed by atoms with E-state index in [2.05, 4.69) is 21.6 Å². The molecule has 2 atom stereocenters. The summed E-state index contributed by atoms with van der Waals surface area (Å²) < 4.78 is 26.0. The summed E-state index contributed by atoms with van der Waals surface area (Å²) in [5, 5.41) is 0. The zero-order valence-electron chi connectivity index (χ0n) is 14.8. The van der Waals surface area contributed by atoms with Gasteiger partial charge >= 0.3 is 0 Å². The van der Waals surface area contributed by atoms with Crippen LogP contribution < -0.4 is 4.72 Å². The number of carbonyl (C=O) groups is 1. The molecule has 24 heavy (non-hydrogen) atoms. The van der Waals surface area contributed by atoms with Crippen molar-refractivity contribution < 1.29 is 13.2 Å². The van der Waals surface area contributed by atoms with E-state index < -0.39 is 10.0 Å². The van der Waals surface area contributed by atoms with E-state index in [4.69, 9.17) is 0 Å². The highest BCUT2D eigenvalue weighted by molar-refractivity contribution is 7.88. The molecule has 3 rings (SSSR count). The first-order valence-electron chi connectivity index (χ1n) is 8.98. The van der Waals surface area contributed by atoms with Crippen LogP contribution in [-0.2, 0) is 14.8 Å². The van der Waals surface area contributed by atoms with Crippen molar-refractivity contribution in [3.8, 4) is 0 Å². The minimum atomic E-state index is -3.24. The van der Waals surface area contributed by atoms with Crippen LogP contribution in [0.2, 0.25) is 0 Å². The van der Waals surface area contributed by atoms with Gasteiger partial charge in [-0.3, -0.25) is 9.69 Å². The van der Waals surface area contributed by atoms with Gasteiger partial charge < -0.3 is 9.80 Å². The predicted octanol–water partition coefficient (Wildman–Crippen LogP) is -0.590. The Balaban J connectivity index is 1.57. The molecule has 3 fully saturated rings. The largest absolute Gasteiger partial charge is 0.340 e. The van der Waals surface area contributed by atoms with Gasteiger partial charge in [-0.05, 0) is 51.2 Å². The van der Waals surface area contributed by atoms with E-state index in [-0.39, 0.29) is 17.9 Å². The first-order valence-corrected chi connectivity index (χ1v) is 10.9. The van der Waals surface area contributed by atoms with Crippen LogP contribution in [0.4, 0.5) is 0 Å². The molecule has 0 aromatic heterocycles. The minimum Gasteiger partial charge on any atom is -0.340 e. The molecule has 2 aliphatic heterocycles. The van der Waals surface area contributed by atoms with Crippen LogP contribution in [0.1, 0.15) is 19.3 Å². The van der Waals surface area contributed by atoms with E-state index in [0.717, 1.165) is 45.4 Å². The van der Waals surface area contributed by atoms with Gasteiger partial charge in [0.05, 0.1) is 12.8 Å². The first kappa shape index (κ1) is 18.1. The van der Waals surface area contributed by atoms with Crippen LogP contribution in [-0.4, -0.2) is 94.2 Å². The molecule has 1 N–H and O–H groups in total. The average Bonchev–Trinajstić information content (AvgIpc) is 3.26. The quantitative estimate of drug-likeness (QED) is 0.711. The van der Waals surface area contributed by atoms with Gasteiger partial charge in [0, 0.05) is 32.2 Å². The summed E-state index contributed by atoms with van der Waals surface area (Å²) in [5.41, 5.74) is 0. The lowest BCUT2D eigenvalue weighted by molar-refractivity contribution is -0.131. The van der Waals surface area contributed by atoms with Gasteiger partial charge in [-0.15, -0.1) is 0 Å². The molecule has 2 heterocycles. The van der Waals surface area contributed by atoms with E-state index in [1.54, 1.807) is 0 Å². The topological polar surface area (TPSA) is 73.0 Å². The van der Waals surface area contributed by atoms with Crippen molar-refractivity contribution in [3.63, 3.8) is 0 Å². The lowest BCUT2D eigenvalue weighted by Crippen LogP contribution is -2.43. The number of amides is 1. The van der Waals surface area contributed by atoms with Crippen molar-refractivity contribution >= 4 is 15.9 Å². The lowest BCUT2D eigenvalue weighted by Gasteiger charge is -2.23. The second-order valence-electron chi connectivity index (χ2n) is 7.73. The van der Waals surface area contributed by atoms with Gasteiger partial charge in [0.1, 0.15) is 0 Å². The summed E-state index contributed by atoms with van der Waals surface area (Å²) in [4.78, 5) is 19.1. The molecular formula is C16H30N4O3S. The van der Waals surface area contributed by atoms with Gasteiger partial charge in [0.25, 0.3) is 0 Å². The van der Waals surface area contributed by atoms with Crippen molar-refractivity contribution in [2.24, 2.45) is 11.8 Å². The van der Waals surface area contributed by atoms with E-state index in [1.807, 2.05) is 4.90 Å². The fourth-order valence-corrected chi connectivity index (χ4v) is 4.78. The Morgan fingerprint density at radius 1 is 1.12 bits per heavy atom. The standard InChI is InChI=1S/C16H30N4O3S/c1-18-6-3-7-19(9-8-18)12-16(21)20-10-14(13-4-5-13)15(11-20)17-24(2,22)23/h13-15,17H,3-12H2,1-2H3/t14-,15+/m0/s1. The number of hydrogen-bond donors (Lipinski definition) is 1. The molecule has 0 spiro atoms. The predicted molar refractivity (Wildman–Crippen MR) is 93.1 cm³/mol. The first-order chi connectivity index (χ1) is 11.3. The summed E-state index contributed by atoms with van der Waals surface area (Å²) in [6, 6.07) is -0.119. The third kappa shape index (κ3) is 4.91. The third-order valence-electron chi connectivity index (χ3n) is 5.48. The molecule has 0 radical (unpaired) electrons. The molecule has 3 aliphatic rings. The number of hydrogen-bond acceptors (Lipinski definition) is 5. The zero-order chi connectivity index (χ0) is 17.3. The highest BCUT2D eigenvalue weighted by Crippen LogP contribution is 2.41. The normalized spacial score (nSPS) is 30.5. The number of likely N-dealkylation sites (N-methyl/N-ethyl adjacent to an activating group) is 1. The monoisotopic (exact) mass is 358 g/mol. The molecule has 1 saturated carbocycles. The van der Waals surface area contributed by atoms with E-state index >= 15 is 0 Å². The van der Waals surface area contributed by atoms with Crippen LogP contribution in [0, 0.1) is 11.8 Å². The molecule has 1 aliphatic carbocycles. The Bertz CT molecular complexity index is 564. The van der Waals surface area contributed by atoms with Crippen LogP contribution in [0.3, 0.4) is 0 Å². The Morgan fingerprint density at radius 3 is 2.54 bits per heavy atom. The van der Waals surface area contributed by atoms with Crippen LogP contribution >= 0.6 is 0 Å². The SMILES string of the molecule is CN1CCCN(CC(=O)N2C[C@@H](NS(C)(=O)=O)[C@H](C3CC3)C2)CC1. The summed E-state index contributed by atoms with van der Waals surface area (Å²) in [7, 11) is -1.12. The lowest BCUT2D eigenvalue weighted by atomic mass is 9.99.